The lowest BCUT2D eigenvalue weighted by Gasteiger charge is -2.15. The minimum absolute atomic E-state index is 0.151. The third-order valence-electron chi connectivity index (χ3n) is 2.98. The van der Waals surface area contributed by atoms with Gasteiger partial charge in [0.05, 0.1) is 0 Å². The summed E-state index contributed by atoms with van der Waals surface area (Å²) in [6.07, 6.45) is 0. The Bertz CT molecular complexity index is 574. The van der Waals surface area contributed by atoms with E-state index in [1.807, 2.05) is 30.3 Å². The van der Waals surface area contributed by atoms with Crippen molar-refractivity contribution >= 4 is 27.5 Å². The molecule has 100 valence electrons. The van der Waals surface area contributed by atoms with Gasteiger partial charge in [-0.15, -0.1) is 0 Å². The predicted octanol–water partition coefficient (Wildman–Crippen LogP) is 4.66. The minimum Gasteiger partial charge on any atom is -0.508 e. The Morgan fingerprint density at radius 1 is 1.26 bits per heavy atom. The molecule has 2 aromatic rings. The molecule has 0 aliphatic carbocycles. The second kappa shape index (κ2) is 6.42. The molecule has 0 aliphatic heterocycles. The van der Waals surface area contributed by atoms with E-state index in [1.165, 1.54) is 0 Å². The lowest BCUT2D eigenvalue weighted by molar-refractivity contribution is 0.472. The predicted molar refractivity (Wildman–Crippen MR) is 82.5 cm³/mol. The topological polar surface area (TPSA) is 32.3 Å². The summed E-state index contributed by atoms with van der Waals surface area (Å²) in [4.78, 5) is 0. The van der Waals surface area contributed by atoms with E-state index >= 15 is 0 Å². The van der Waals surface area contributed by atoms with Crippen LogP contribution in [0.5, 0.6) is 5.75 Å². The van der Waals surface area contributed by atoms with E-state index in [9.17, 15) is 5.11 Å². The van der Waals surface area contributed by atoms with Crippen molar-refractivity contribution in [2.45, 2.75) is 19.5 Å². The van der Waals surface area contributed by atoms with Crippen molar-refractivity contribution in [3.8, 4) is 5.75 Å². The van der Waals surface area contributed by atoms with Gasteiger partial charge in [0, 0.05) is 22.1 Å². The van der Waals surface area contributed by atoms with Gasteiger partial charge in [0.15, 0.2) is 0 Å². The van der Waals surface area contributed by atoms with Gasteiger partial charge < -0.3 is 10.4 Å². The van der Waals surface area contributed by atoms with Crippen molar-refractivity contribution < 1.29 is 5.11 Å². The molecule has 2 N–H and O–H groups in total. The molecular formula is C15H15BrClNO. The lowest BCUT2D eigenvalue weighted by Crippen LogP contribution is -2.18. The summed E-state index contributed by atoms with van der Waals surface area (Å²) < 4.78 is 1.03. The Morgan fingerprint density at radius 2 is 2.05 bits per heavy atom. The molecule has 2 aromatic carbocycles. The average molecular weight is 341 g/mol. The Labute approximate surface area is 126 Å². The number of nitrogens with one attached hydrogen (secondary N) is 1. The molecule has 0 saturated heterocycles. The van der Waals surface area contributed by atoms with Crippen LogP contribution in [-0.2, 0) is 6.54 Å². The smallest absolute Gasteiger partial charge is 0.115 e. The van der Waals surface area contributed by atoms with Gasteiger partial charge in [0.25, 0.3) is 0 Å². The van der Waals surface area contributed by atoms with Crippen LogP contribution in [-0.4, -0.2) is 5.11 Å². The standard InChI is InChI=1S/C15H15BrClNO/c1-10(11-3-2-4-14(19)8-11)18-9-12-7-13(17)5-6-15(12)16/h2-8,10,18-19H,9H2,1H3. The molecule has 0 bridgehead atoms. The fourth-order valence-electron chi connectivity index (χ4n) is 1.85. The summed E-state index contributed by atoms with van der Waals surface area (Å²) in [5.41, 5.74) is 2.16. The first-order valence-electron chi connectivity index (χ1n) is 6.02. The highest BCUT2D eigenvalue weighted by Crippen LogP contribution is 2.23. The van der Waals surface area contributed by atoms with Crippen molar-refractivity contribution in [2.24, 2.45) is 0 Å². The maximum atomic E-state index is 9.47. The zero-order chi connectivity index (χ0) is 13.8. The van der Waals surface area contributed by atoms with Gasteiger partial charge in [-0.25, -0.2) is 0 Å². The van der Waals surface area contributed by atoms with Crippen LogP contribution in [0.3, 0.4) is 0 Å². The fraction of sp³-hybridized carbons (Fsp3) is 0.200. The highest BCUT2D eigenvalue weighted by Gasteiger charge is 2.07. The number of rotatable bonds is 4. The Kier molecular flexibility index (Phi) is 4.86. The molecule has 1 atom stereocenters. The highest BCUT2D eigenvalue weighted by molar-refractivity contribution is 9.10. The highest BCUT2D eigenvalue weighted by atomic mass is 79.9. The number of phenolic OH excluding ortho intramolecular Hbond substituents is 1. The van der Waals surface area contributed by atoms with Crippen LogP contribution < -0.4 is 5.32 Å². The van der Waals surface area contributed by atoms with E-state index in [1.54, 1.807) is 12.1 Å². The molecular weight excluding hydrogens is 326 g/mol. The SMILES string of the molecule is CC(NCc1cc(Cl)ccc1Br)c1cccc(O)c1. The van der Waals surface area contributed by atoms with Crippen LogP contribution in [0.4, 0.5) is 0 Å². The van der Waals surface area contributed by atoms with Crippen molar-refractivity contribution in [1.82, 2.24) is 5.32 Å². The van der Waals surface area contributed by atoms with Crippen molar-refractivity contribution in [1.29, 1.82) is 0 Å². The normalized spacial score (nSPS) is 12.4. The van der Waals surface area contributed by atoms with Crippen LogP contribution >= 0.6 is 27.5 Å². The molecule has 4 heteroatoms. The molecule has 19 heavy (non-hydrogen) atoms. The summed E-state index contributed by atoms with van der Waals surface area (Å²) in [5, 5.41) is 13.6. The number of hydrogen-bond donors (Lipinski definition) is 2. The third-order valence-corrected chi connectivity index (χ3v) is 3.99. The Morgan fingerprint density at radius 3 is 2.79 bits per heavy atom. The molecule has 0 fully saturated rings. The lowest BCUT2D eigenvalue weighted by atomic mass is 10.1. The maximum absolute atomic E-state index is 9.47. The van der Waals surface area contributed by atoms with Crippen LogP contribution in [0.2, 0.25) is 5.02 Å². The van der Waals surface area contributed by atoms with Gasteiger partial charge in [-0.2, -0.15) is 0 Å². The molecule has 0 spiro atoms. The van der Waals surface area contributed by atoms with E-state index in [0.717, 1.165) is 20.6 Å². The van der Waals surface area contributed by atoms with E-state index < -0.39 is 0 Å². The molecule has 0 saturated carbocycles. The van der Waals surface area contributed by atoms with Gasteiger partial charge in [-0.1, -0.05) is 39.7 Å². The second-order valence-corrected chi connectivity index (χ2v) is 5.72. The maximum Gasteiger partial charge on any atom is 0.115 e. The van der Waals surface area contributed by atoms with E-state index in [0.29, 0.717) is 6.54 Å². The quantitative estimate of drug-likeness (QED) is 0.848. The number of benzene rings is 2. The van der Waals surface area contributed by atoms with Crippen LogP contribution in [0.1, 0.15) is 24.1 Å². The van der Waals surface area contributed by atoms with E-state index in [2.05, 4.69) is 28.2 Å². The van der Waals surface area contributed by atoms with Gasteiger partial charge in [0.1, 0.15) is 5.75 Å². The first kappa shape index (κ1) is 14.4. The Balaban J connectivity index is 2.04. The summed E-state index contributed by atoms with van der Waals surface area (Å²) in [6.45, 7) is 2.77. The second-order valence-electron chi connectivity index (χ2n) is 4.43. The Hall–Kier alpha value is -1.03. The summed E-state index contributed by atoms with van der Waals surface area (Å²) in [6, 6.07) is 13.2. The first-order chi connectivity index (χ1) is 9.06. The van der Waals surface area contributed by atoms with Gasteiger partial charge in [-0.3, -0.25) is 0 Å². The van der Waals surface area contributed by atoms with E-state index in [4.69, 9.17) is 11.6 Å². The fourth-order valence-corrected chi connectivity index (χ4v) is 2.44. The number of hydrogen-bond acceptors (Lipinski definition) is 2. The molecule has 1 unspecified atom stereocenters. The van der Waals surface area contributed by atoms with Crippen molar-refractivity contribution in [2.75, 3.05) is 0 Å². The summed E-state index contributed by atoms with van der Waals surface area (Å²) >= 11 is 9.50. The molecule has 0 amide bonds. The zero-order valence-electron chi connectivity index (χ0n) is 10.5. The first-order valence-corrected chi connectivity index (χ1v) is 7.19. The molecule has 0 heterocycles. The number of phenols is 1. The van der Waals surface area contributed by atoms with Crippen molar-refractivity contribution in [3.05, 3.63) is 63.1 Å². The molecule has 0 aliphatic rings. The third kappa shape index (κ3) is 3.96. The van der Waals surface area contributed by atoms with Gasteiger partial charge in [-0.05, 0) is 48.4 Å². The average Bonchev–Trinajstić information content (AvgIpc) is 2.39. The number of halogens is 2. The summed E-state index contributed by atoms with van der Waals surface area (Å²) in [7, 11) is 0. The minimum atomic E-state index is 0.151. The monoisotopic (exact) mass is 339 g/mol. The molecule has 2 rings (SSSR count). The molecule has 2 nitrogen and oxygen atoms in total. The van der Waals surface area contributed by atoms with E-state index in [-0.39, 0.29) is 11.8 Å². The van der Waals surface area contributed by atoms with Gasteiger partial charge in [0.2, 0.25) is 0 Å². The largest absolute Gasteiger partial charge is 0.508 e. The molecule has 0 aromatic heterocycles. The summed E-state index contributed by atoms with van der Waals surface area (Å²) in [5.74, 6) is 0.287. The van der Waals surface area contributed by atoms with Crippen molar-refractivity contribution in [3.63, 3.8) is 0 Å². The van der Waals surface area contributed by atoms with Crippen LogP contribution in [0.15, 0.2) is 46.9 Å². The van der Waals surface area contributed by atoms with Crippen LogP contribution in [0, 0.1) is 0 Å². The van der Waals surface area contributed by atoms with Gasteiger partial charge >= 0.3 is 0 Å². The number of aromatic hydroxyl groups is 1. The molecule has 0 radical (unpaired) electrons. The zero-order valence-corrected chi connectivity index (χ0v) is 12.9. The van der Waals surface area contributed by atoms with Crippen LogP contribution in [0.25, 0.3) is 0 Å².